The van der Waals surface area contributed by atoms with Crippen molar-refractivity contribution >= 4 is 41.1 Å². The molecule has 0 spiro atoms. The van der Waals surface area contributed by atoms with Gasteiger partial charge in [-0.25, -0.2) is 4.79 Å². The Hall–Kier alpha value is -4.05. The molecule has 0 bridgehead atoms. The molecule has 0 fully saturated rings. The lowest BCUT2D eigenvalue weighted by molar-refractivity contribution is -0.123. The topological polar surface area (TPSA) is 139 Å². The van der Waals surface area contributed by atoms with E-state index in [9.17, 15) is 14.4 Å². The predicted octanol–water partition coefficient (Wildman–Crippen LogP) is 2.17. The highest BCUT2D eigenvalue weighted by Gasteiger charge is 2.15. The van der Waals surface area contributed by atoms with Crippen molar-refractivity contribution in [3.8, 4) is 5.69 Å². The molecule has 31 heavy (non-hydrogen) atoms. The first-order valence-corrected chi connectivity index (χ1v) is 9.37. The number of amides is 2. The molecule has 3 N–H and O–H groups in total. The van der Waals surface area contributed by atoms with E-state index in [0.29, 0.717) is 22.0 Å². The monoisotopic (exact) mass is 440 g/mol. The number of anilines is 1. The summed E-state index contributed by atoms with van der Waals surface area (Å²) in [6.07, 6.45) is 4.22. The minimum absolute atomic E-state index is 0.103. The normalized spacial score (nSPS) is 11.8. The van der Waals surface area contributed by atoms with Gasteiger partial charge < -0.3 is 15.7 Å². The largest absolute Gasteiger partial charge is 0.478 e. The van der Waals surface area contributed by atoms with E-state index in [1.54, 1.807) is 18.2 Å². The summed E-state index contributed by atoms with van der Waals surface area (Å²) in [6.45, 7) is 1.53. The van der Waals surface area contributed by atoms with E-state index in [1.807, 2.05) is 0 Å². The van der Waals surface area contributed by atoms with E-state index in [4.69, 9.17) is 16.7 Å². The van der Waals surface area contributed by atoms with Gasteiger partial charge in [-0.3, -0.25) is 9.59 Å². The van der Waals surface area contributed by atoms with Gasteiger partial charge in [0, 0.05) is 22.3 Å². The molecule has 0 aliphatic heterocycles. The summed E-state index contributed by atoms with van der Waals surface area (Å²) in [5.74, 6) is -2.01. The van der Waals surface area contributed by atoms with Crippen LogP contribution in [-0.4, -0.2) is 49.1 Å². The second kappa shape index (κ2) is 9.63. The smallest absolute Gasteiger partial charge is 0.335 e. The predicted molar refractivity (Wildman–Crippen MR) is 113 cm³/mol. The number of rotatable bonds is 7. The third-order valence-corrected chi connectivity index (χ3v) is 4.39. The first-order chi connectivity index (χ1) is 14.8. The maximum Gasteiger partial charge on any atom is 0.335 e. The number of benzene rings is 2. The first kappa shape index (κ1) is 21.7. The maximum atomic E-state index is 12.3. The Balaban J connectivity index is 1.62. The number of hydrogen-bond donors (Lipinski definition) is 3. The molecule has 3 aromatic rings. The number of hydrogen-bond acceptors (Lipinski definition) is 6. The van der Waals surface area contributed by atoms with E-state index in [-0.39, 0.29) is 5.56 Å². The number of aromatic nitrogens is 4. The molecule has 0 saturated heterocycles. The van der Waals surface area contributed by atoms with Crippen molar-refractivity contribution in [2.45, 2.75) is 13.0 Å². The Labute approximate surface area is 181 Å². The Kier molecular flexibility index (Phi) is 6.73. The van der Waals surface area contributed by atoms with Crippen LogP contribution in [0.2, 0.25) is 5.02 Å². The molecule has 0 unspecified atom stereocenters. The molecule has 0 aliphatic carbocycles. The Morgan fingerprint density at radius 1 is 1.16 bits per heavy atom. The van der Waals surface area contributed by atoms with Crippen molar-refractivity contribution in [2.24, 2.45) is 0 Å². The molecule has 0 aliphatic rings. The van der Waals surface area contributed by atoms with Gasteiger partial charge in [-0.2, -0.15) is 4.68 Å². The summed E-state index contributed by atoms with van der Waals surface area (Å²) < 4.78 is 1.43. The minimum Gasteiger partial charge on any atom is -0.478 e. The van der Waals surface area contributed by atoms with E-state index < -0.39 is 23.8 Å². The molecule has 3 rings (SSSR count). The van der Waals surface area contributed by atoms with Crippen molar-refractivity contribution in [3.05, 3.63) is 71.0 Å². The minimum atomic E-state index is -1.06. The van der Waals surface area contributed by atoms with Gasteiger partial charge in [0.2, 0.25) is 11.8 Å². The van der Waals surface area contributed by atoms with Crippen LogP contribution >= 0.6 is 11.6 Å². The van der Waals surface area contributed by atoms with Crippen LogP contribution in [0.15, 0.2) is 54.9 Å². The molecule has 158 valence electrons. The summed E-state index contributed by atoms with van der Waals surface area (Å²) >= 11 is 6.04. The first-order valence-electron chi connectivity index (χ1n) is 8.99. The van der Waals surface area contributed by atoms with Gasteiger partial charge in [-0.1, -0.05) is 11.6 Å². The number of carboxylic acid groups (broad SMARTS) is 1. The lowest BCUT2D eigenvalue weighted by Gasteiger charge is -2.13. The standard InChI is InChI=1S/C20H17ClN6O4/c1-12(19(29)24-16-6-2-13(3-7-16)20(30)31)23-18(28)9-4-14-10-15(21)5-8-17(14)27-11-22-25-26-27/h2-12H,1H3,(H,23,28)(H,24,29)(H,30,31)/b9-4+/t12-/m0/s1. The van der Waals surface area contributed by atoms with Crippen LogP contribution in [0.3, 0.4) is 0 Å². The van der Waals surface area contributed by atoms with Gasteiger partial charge in [0.15, 0.2) is 0 Å². The number of halogens is 1. The number of nitrogens with one attached hydrogen (secondary N) is 2. The highest BCUT2D eigenvalue weighted by atomic mass is 35.5. The second-order valence-corrected chi connectivity index (χ2v) is 6.83. The summed E-state index contributed by atoms with van der Waals surface area (Å²) in [6, 6.07) is 9.88. The summed E-state index contributed by atoms with van der Waals surface area (Å²) in [4.78, 5) is 35.4. The molecule has 2 amide bonds. The van der Waals surface area contributed by atoms with E-state index >= 15 is 0 Å². The quantitative estimate of drug-likeness (QED) is 0.478. The van der Waals surface area contributed by atoms with Crippen LogP contribution in [-0.2, 0) is 9.59 Å². The number of tetrazole rings is 1. The molecule has 0 radical (unpaired) electrons. The molecule has 1 atom stereocenters. The van der Waals surface area contributed by atoms with E-state index in [2.05, 4.69) is 26.2 Å². The Bertz CT molecular complexity index is 1130. The van der Waals surface area contributed by atoms with Crippen molar-refractivity contribution in [1.82, 2.24) is 25.5 Å². The van der Waals surface area contributed by atoms with Crippen LogP contribution in [0.5, 0.6) is 0 Å². The van der Waals surface area contributed by atoms with Gasteiger partial charge >= 0.3 is 5.97 Å². The van der Waals surface area contributed by atoms with E-state index in [0.717, 1.165) is 0 Å². The number of aromatic carboxylic acids is 1. The van der Waals surface area contributed by atoms with Crippen LogP contribution < -0.4 is 10.6 Å². The number of carbonyl (C=O) groups is 3. The van der Waals surface area contributed by atoms with Crippen LogP contribution in [0.4, 0.5) is 5.69 Å². The second-order valence-electron chi connectivity index (χ2n) is 6.39. The SMILES string of the molecule is C[C@H](NC(=O)/C=C/c1cc(Cl)ccc1-n1cnnn1)C(=O)Nc1ccc(C(=O)O)cc1. The van der Waals surface area contributed by atoms with Crippen LogP contribution in [0.25, 0.3) is 11.8 Å². The fourth-order valence-corrected chi connectivity index (χ4v) is 2.76. The number of nitrogens with zero attached hydrogens (tertiary/aromatic N) is 4. The summed E-state index contributed by atoms with van der Waals surface area (Å²) in [5.41, 5.74) is 1.74. The van der Waals surface area contributed by atoms with Gasteiger partial charge in [0.05, 0.1) is 11.3 Å². The molecule has 1 heterocycles. The fraction of sp³-hybridized carbons (Fsp3) is 0.100. The average molecular weight is 441 g/mol. The number of carboxylic acids is 1. The summed E-state index contributed by atoms with van der Waals surface area (Å²) in [7, 11) is 0. The Morgan fingerprint density at radius 3 is 2.55 bits per heavy atom. The summed E-state index contributed by atoms with van der Waals surface area (Å²) in [5, 5.41) is 25.5. The molecular weight excluding hydrogens is 424 g/mol. The van der Waals surface area contributed by atoms with Crippen LogP contribution in [0, 0.1) is 0 Å². The zero-order chi connectivity index (χ0) is 22.4. The Morgan fingerprint density at radius 2 is 1.90 bits per heavy atom. The molecule has 1 aromatic heterocycles. The molecular formula is C20H17ClN6O4. The van der Waals surface area contributed by atoms with Gasteiger partial charge in [-0.15, -0.1) is 5.10 Å². The average Bonchev–Trinajstić information content (AvgIpc) is 3.27. The van der Waals surface area contributed by atoms with Crippen molar-refractivity contribution in [2.75, 3.05) is 5.32 Å². The highest BCUT2D eigenvalue weighted by molar-refractivity contribution is 6.30. The molecule has 0 saturated carbocycles. The highest BCUT2D eigenvalue weighted by Crippen LogP contribution is 2.20. The van der Waals surface area contributed by atoms with Crippen molar-refractivity contribution in [3.63, 3.8) is 0 Å². The zero-order valence-corrected chi connectivity index (χ0v) is 16.9. The van der Waals surface area contributed by atoms with E-state index in [1.165, 1.54) is 54.4 Å². The van der Waals surface area contributed by atoms with Crippen molar-refractivity contribution < 1.29 is 19.5 Å². The maximum absolute atomic E-state index is 12.3. The lowest BCUT2D eigenvalue weighted by Crippen LogP contribution is -2.40. The zero-order valence-electron chi connectivity index (χ0n) is 16.2. The molecule has 11 heteroatoms. The third kappa shape index (κ3) is 5.73. The lowest BCUT2D eigenvalue weighted by atomic mass is 10.1. The van der Waals surface area contributed by atoms with Crippen LogP contribution in [0.1, 0.15) is 22.8 Å². The fourth-order valence-electron chi connectivity index (χ4n) is 2.58. The molecule has 2 aromatic carbocycles. The van der Waals surface area contributed by atoms with Gasteiger partial charge in [0.25, 0.3) is 0 Å². The van der Waals surface area contributed by atoms with Crippen molar-refractivity contribution in [1.29, 1.82) is 0 Å². The number of carbonyl (C=O) groups excluding carboxylic acids is 2. The van der Waals surface area contributed by atoms with Gasteiger partial charge in [0.1, 0.15) is 12.4 Å². The third-order valence-electron chi connectivity index (χ3n) is 4.15. The molecule has 10 nitrogen and oxygen atoms in total. The van der Waals surface area contributed by atoms with Gasteiger partial charge in [-0.05, 0) is 65.9 Å².